The van der Waals surface area contributed by atoms with E-state index in [2.05, 4.69) is 24.8 Å². The molecule has 0 spiro atoms. The Morgan fingerprint density at radius 1 is 0.857 bits per heavy atom. The summed E-state index contributed by atoms with van der Waals surface area (Å²) in [4.78, 5) is 26.3. The van der Waals surface area contributed by atoms with Gasteiger partial charge in [0.2, 0.25) is 17.7 Å². The molecular weight excluding hydrogens is 573 g/mol. The van der Waals surface area contributed by atoms with Gasteiger partial charge in [-0.2, -0.15) is 28.1 Å². The largest absolute Gasteiger partial charge is 0.451 e. The van der Waals surface area contributed by atoms with Gasteiger partial charge in [0.25, 0.3) is 0 Å². The molecule has 0 aliphatic carbocycles. The number of hydrogen-bond donors (Lipinski definition) is 1. The average molecular weight is 601 g/mol. The summed E-state index contributed by atoms with van der Waals surface area (Å²) in [7, 11) is 0. The van der Waals surface area contributed by atoms with Crippen LogP contribution in [0.4, 0.5) is 30.9 Å². The van der Waals surface area contributed by atoms with Crippen molar-refractivity contribution in [3.63, 3.8) is 0 Å². The molecule has 10 nitrogen and oxygen atoms in total. The molecule has 3 aliphatic heterocycles. The van der Waals surface area contributed by atoms with Crippen molar-refractivity contribution in [1.29, 1.82) is 0 Å². The van der Waals surface area contributed by atoms with Crippen LogP contribution < -0.4 is 14.7 Å². The maximum atomic E-state index is 14.1. The zero-order valence-corrected chi connectivity index (χ0v) is 23.3. The molecule has 3 aliphatic rings. The molecule has 1 aromatic carbocycles. The molecule has 0 saturated carbocycles. The summed E-state index contributed by atoms with van der Waals surface area (Å²) in [6.07, 6.45) is -2.40. The lowest BCUT2D eigenvalue weighted by molar-refractivity contribution is -0.145. The number of rotatable bonds is 4. The van der Waals surface area contributed by atoms with Gasteiger partial charge in [0.05, 0.1) is 32.5 Å². The smallest absolute Gasteiger partial charge is 0.378 e. The van der Waals surface area contributed by atoms with Crippen LogP contribution in [0.25, 0.3) is 10.9 Å². The van der Waals surface area contributed by atoms with E-state index in [4.69, 9.17) is 26.1 Å². The Labute approximate surface area is 244 Å². The van der Waals surface area contributed by atoms with Crippen LogP contribution in [0, 0.1) is 0 Å². The summed E-state index contributed by atoms with van der Waals surface area (Å²) >= 11 is 6.34. The molecule has 1 atom stereocenters. The molecule has 4 aromatic rings. The summed E-state index contributed by atoms with van der Waals surface area (Å²) in [6.45, 7) is 4.68. The van der Waals surface area contributed by atoms with E-state index < -0.39 is 18.0 Å². The molecule has 220 valence electrons. The highest BCUT2D eigenvalue weighted by Crippen LogP contribution is 2.41. The number of nitrogens with one attached hydrogen (secondary N) is 1. The first-order chi connectivity index (χ1) is 20.3. The summed E-state index contributed by atoms with van der Waals surface area (Å²) in [5, 5.41) is 1.60. The van der Waals surface area contributed by atoms with Crippen molar-refractivity contribution in [3.8, 4) is 0 Å². The van der Waals surface area contributed by atoms with Gasteiger partial charge in [-0.1, -0.05) is 17.7 Å². The molecule has 1 N–H and O–H groups in total. The van der Waals surface area contributed by atoms with Crippen molar-refractivity contribution in [2.75, 3.05) is 73.9 Å². The number of aromatic amines is 1. The zero-order valence-electron chi connectivity index (χ0n) is 22.6. The average Bonchev–Trinajstić information content (AvgIpc) is 3.39. The Kier molecular flexibility index (Phi) is 7.03. The number of halogens is 4. The number of morpholine rings is 2. The normalized spacial score (nSPS) is 19.8. The molecule has 7 rings (SSSR count). The quantitative estimate of drug-likeness (QED) is 0.369. The van der Waals surface area contributed by atoms with E-state index in [1.807, 2.05) is 35.2 Å². The molecule has 2 saturated heterocycles. The number of pyridine rings is 1. The molecule has 2 fully saturated rings. The number of aromatic nitrogens is 5. The van der Waals surface area contributed by atoms with E-state index in [0.29, 0.717) is 57.5 Å². The van der Waals surface area contributed by atoms with Gasteiger partial charge in [0, 0.05) is 60.5 Å². The number of alkyl halides is 3. The van der Waals surface area contributed by atoms with Gasteiger partial charge in [-0.05, 0) is 41.8 Å². The lowest BCUT2D eigenvalue weighted by Gasteiger charge is -2.37. The lowest BCUT2D eigenvalue weighted by Crippen LogP contribution is -2.40. The van der Waals surface area contributed by atoms with Crippen LogP contribution in [0.3, 0.4) is 0 Å². The SMILES string of the molecule is FC(F)(F)c1nc(N2CCOCC2)nc(N2CCc3c([nH]c4ccc(Cl)cc34)C2c2ccc(N3CCOCC3)nc2)n1. The van der Waals surface area contributed by atoms with Gasteiger partial charge in [-0.3, -0.25) is 0 Å². The second kappa shape index (κ2) is 10.9. The van der Waals surface area contributed by atoms with Gasteiger partial charge in [-0.15, -0.1) is 0 Å². The van der Waals surface area contributed by atoms with Crippen molar-refractivity contribution in [2.24, 2.45) is 0 Å². The number of H-pyrrole nitrogens is 1. The van der Waals surface area contributed by atoms with Crippen LogP contribution in [-0.4, -0.2) is 84.1 Å². The second-order valence-corrected chi connectivity index (χ2v) is 10.9. The first-order valence-corrected chi connectivity index (χ1v) is 14.2. The van der Waals surface area contributed by atoms with Crippen LogP contribution >= 0.6 is 11.6 Å². The minimum Gasteiger partial charge on any atom is -0.378 e. The Balaban J connectivity index is 1.35. The first-order valence-electron chi connectivity index (χ1n) is 13.9. The minimum absolute atomic E-state index is 0.00982. The predicted octanol–water partition coefficient (Wildman–Crippen LogP) is 4.25. The van der Waals surface area contributed by atoms with Gasteiger partial charge in [0.15, 0.2) is 0 Å². The molecule has 0 bridgehead atoms. The molecule has 0 radical (unpaired) electrons. The molecule has 3 aromatic heterocycles. The van der Waals surface area contributed by atoms with E-state index in [1.54, 1.807) is 11.1 Å². The summed E-state index contributed by atoms with van der Waals surface area (Å²) in [6, 6.07) is 9.04. The van der Waals surface area contributed by atoms with E-state index in [1.165, 1.54) is 0 Å². The molecule has 14 heteroatoms. The summed E-state index contributed by atoms with van der Waals surface area (Å²) < 4.78 is 53.1. The number of ether oxygens (including phenoxy) is 2. The highest BCUT2D eigenvalue weighted by Gasteiger charge is 2.39. The van der Waals surface area contributed by atoms with Crippen molar-refractivity contribution in [3.05, 3.63) is 64.2 Å². The molecular formula is C28H28ClF3N8O2. The van der Waals surface area contributed by atoms with Crippen LogP contribution in [0.5, 0.6) is 0 Å². The Hall–Kier alpha value is -3.68. The van der Waals surface area contributed by atoms with Crippen molar-refractivity contribution >= 4 is 40.2 Å². The zero-order chi connectivity index (χ0) is 28.8. The summed E-state index contributed by atoms with van der Waals surface area (Å²) in [5.41, 5.74) is 3.60. The number of anilines is 3. The van der Waals surface area contributed by atoms with Crippen LogP contribution in [0.1, 0.15) is 28.7 Å². The van der Waals surface area contributed by atoms with E-state index >= 15 is 0 Å². The Morgan fingerprint density at radius 2 is 1.57 bits per heavy atom. The fraction of sp³-hybridized carbons (Fsp3) is 0.429. The topological polar surface area (TPSA) is 95.5 Å². The van der Waals surface area contributed by atoms with Gasteiger partial charge in [-0.25, -0.2) is 4.98 Å². The van der Waals surface area contributed by atoms with Crippen LogP contribution in [0.15, 0.2) is 36.5 Å². The second-order valence-electron chi connectivity index (χ2n) is 10.5. The number of benzene rings is 1. The van der Waals surface area contributed by atoms with Crippen molar-refractivity contribution in [2.45, 2.75) is 18.6 Å². The highest BCUT2D eigenvalue weighted by atomic mass is 35.5. The Morgan fingerprint density at radius 3 is 2.26 bits per heavy atom. The van der Waals surface area contributed by atoms with Crippen molar-refractivity contribution < 1.29 is 22.6 Å². The fourth-order valence-corrected chi connectivity index (χ4v) is 6.05. The monoisotopic (exact) mass is 600 g/mol. The maximum Gasteiger partial charge on any atom is 0.451 e. The predicted molar refractivity (Wildman–Crippen MR) is 151 cm³/mol. The van der Waals surface area contributed by atoms with Crippen LogP contribution in [0.2, 0.25) is 5.02 Å². The fourth-order valence-electron chi connectivity index (χ4n) is 5.88. The Bertz CT molecular complexity index is 1590. The minimum atomic E-state index is -4.74. The van der Waals surface area contributed by atoms with Crippen LogP contribution in [-0.2, 0) is 22.1 Å². The summed E-state index contributed by atoms with van der Waals surface area (Å²) in [5.74, 6) is -0.447. The van der Waals surface area contributed by atoms with Gasteiger partial charge < -0.3 is 29.2 Å². The molecule has 0 amide bonds. The number of nitrogens with zero attached hydrogens (tertiary/aromatic N) is 7. The molecule has 1 unspecified atom stereocenters. The molecule has 42 heavy (non-hydrogen) atoms. The molecule has 6 heterocycles. The number of fused-ring (bicyclic) bond motifs is 3. The van der Waals surface area contributed by atoms with Gasteiger partial charge >= 0.3 is 6.18 Å². The standard InChI is InChI=1S/C28H28ClF3N8O2/c29-18-2-3-21-20(15-18)19-5-6-40(27-36-25(28(30,31)32)35-26(37-27)39-9-13-42-14-10-39)24(23(19)34-21)17-1-4-22(33-16-17)38-7-11-41-12-8-38/h1-4,15-16,24,34H,5-14H2. The third kappa shape index (κ3) is 5.09. The van der Waals surface area contributed by atoms with Crippen molar-refractivity contribution in [1.82, 2.24) is 24.9 Å². The third-order valence-electron chi connectivity index (χ3n) is 7.93. The maximum absolute atomic E-state index is 14.1. The lowest BCUT2D eigenvalue weighted by atomic mass is 9.93. The van der Waals surface area contributed by atoms with E-state index in [-0.39, 0.29) is 11.9 Å². The number of hydrogen-bond acceptors (Lipinski definition) is 9. The third-order valence-corrected chi connectivity index (χ3v) is 8.16. The highest BCUT2D eigenvalue weighted by molar-refractivity contribution is 6.31. The van der Waals surface area contributed by atoms with E-state index in [9.17, 15) is 13.2 Å². The first kappa shape index (κ1) is 27.2. The van der Waals surface area contributed by atoms with E-state index in [0.717, 1.165) is 46.6 Å². The van der Waals surface area contributed by atoms with Gasteiger partial charge in [0.1, 0.15) is 5.82 Å².